The lowest BCUT2D eigenvalue weighted by molar-refractivity contribution is -0.139. The number of hydrogen-bond acceptors (Lipinski definition) is 5. The van der Waals surface area contributed by atoms with E-state index < -0.39 is 30.3 Å². The summed E-state index contributed by atoms with van der Waals surface area (Å²) in [6, 6.07) is 8.44. The molecule has 2 aromatic rings. The van der Waals surface area contributed by atoms with E-state index >= 15 is 0 Å². The summed E-state index contributed by atoms with van der Waals surface area (Å²) in [6.45, 7) is -0.732. The van der Waals surface area contributed by atoms with E-state index in [1.807, 2.05) is 22.6 Å². The minimum Gasteiger partial charge on any atom is -0.493 e. The zero-order valence-corrected chi connectivity index (χ0v) is 17.8. The summed E-state index contributed by atoms with van der Waals surface area (Å²) in [5, 5.41) is 11.3. The smallest absolute Gasteiger partial charge is 0.341 e. The molecule has 0 radical (unpaired) electrons. The number of ether oxygens (including phenoxy) is 2. The van der Waals surface area contributed by atoms with Gasteiger partial charge < -0.3 is 19.9 Å². The monoisotopic (exact) mass is 526 g/mol. The Morgan fingerprint density at radius 3 is 2.70 bits per heavy atom. The van der Waals surface area contributed by atoms with Crippen LogP contribution in [0.5, 0.6) is 11.5 Å². The summed E-state index contributed by atoms with van der Waals surface area (Å²) >= 11 is 1.95. The lowest BCUT2D eigenvalue weighted by Gasteiger charge is -2.13. The molecule has 0 unspecified atom stereocenters. The zero-order chi connectivity index (χ0) is 21.8. The Bertz CT molecular complexity index is 1060. The molecule has 1 fully saturated rings. The van der Waals surface area contributed by atoms with Gasteiger partial charge in [-0.3, -0.25) is 9.69 Å². The third-order valence-corrected chi connectivity index (χ3v) is 4.95. The molecule has 30 heavy (non-hydrogen) atoms. The van der Waals surface area contributed by atoms with Crippen LogP contribution in [0.3, 0.4) is 0 Å². The van der Waals surface area contributed by atoms with Crippen molar-refractivity contribution in [2.75, 3.05) is 13.7 Å². The van der Waals surface area contributed by atoms with Crippen molar-refractivity contribution in [3.05, 3.63) is 62.6 Å². The van der Waals surface area contributed by atoms with Crippen LogP contribution in [0.15, 0.2) is 42.1 Å². The number of carbonyl (C=O) groups excluding carboxylic acids is 2. The van der Waals surface area contributed by atoms with Crippen LogP contribution in [0.1, 0.15) is 11.1 Å². The Hall–Kier alpha value is -3.15. The quantitative estimate of drug-likeness (QED) is 0.327. The van der Waals surface area contributed by atoms with Gasteiger partial charge >= 0.3 is 12.0 Å². The number of amides is 3. The van der Waals surface area contributed by atoms with Crippen LogP contribution in [-0.2, 0) is 16.1 Å². The fraction of sp³-hybridized carbons (Fsp3) is 0.150. The van der Waals surface area contributed by atoms with Gasteiger partial charge in [-0.25, -0.2) is 14.0 Å². The normalized spacial score (nSPS) is 14.8. The van der Waals surface area contributed by atoms with Crippen LogP contribution < -0.4 is 14.8 Å². The van der Waals surface area contributed by atoms with Gasteiger partial charge in [0.1, 0.15) is 11.5 Å². The Labute approximate surface area is 184 Å². The second-order valence-corrected chi connectivity index (χ2v) is 7.35. The highest BCUT2D eigenvalue weighted by Gasteiger charge is 2.34. The highest BCUT2D eigenvalue weighted by Crippen LogP contribution is 2.34. The van der Waals surface area contributed by atoms with Crippen LogP contribution in [0.25, 0.3) is 6.08 Å². The topological polar surface area (TPSA) is 105 Å². The van der Waals surface area contributed by atoms with Crippen LogP contribution in [-0.4, -0.2) is 41.6 Å². The maximum Gasteiger partial charge on any atom is 0.341 e. The van der Waals surface area contributed by atoms with Gasteiger partial charge in [-0.15, -0.1) is 0 Å². The lowest BCUT2D eigenvalue weighted by Crippen LogP contribution is -2.30. The molecule has 156 valence electrons. The van der Waals surface area contributed by atoms with Crippen LogP contribution >= 0.6 is 22.6 Å². The Morgan fingerprint density at radius 2 is 2.03 bits per heavy atom. The SMILES string of the molecule is COc1cc(C=C2NC(=O)N(Cc3ccccc3F)C2=O)cc(I)c1OCC(=O)O. The molecule has 3 rings (SSSR count). The first-order chi connectivity index (χ1) is 14.3. The van der Waals surface area contributed by atoms with E-state index in [1.54, 1.807) is 18.2 Å². The molecule has 2 aromatic carbocycles. The molecule has 0 spiro atoms. The molecular weight excluding hydrogens is 510 g/mol. The molecule has 0 aliphatic carbocycles. The fourth-order valence-corrected chi connectivity index (χ4v) is 3.56. The summed E-state index contributed by atoms with van der Waals surface area (Å²) in [5.41, 5.74) is 0.766. The number of halogens is 2. The van der Waals surface area contributed by atoms with E-state index in [4.69, 9.17) is 14.6 Å². The zero-order valence-electron chi connectivity index (χ0n) is 15.6. The van der Waals surface area contributed by atoms with Gasteiger partial charge in [0.2, 0.25) is 0 Å². The number of benzene rings is 2. The molecule has 10 heteroatoms. The van der Waals surface area contributed by atoms with Crippen LogP contribution in [0.4, 0.5) is 9.18 Å². The predicted molar refractivity (Wildman–Crippen MR) is 112 cm³/mol. The molecule has 0 atom stereocenters. The van der Waals surface area contributed by atoms with E-state index in [0.717, 1.165) is 4.90 Å². The van der Waals surface area contributed by atoms with Gasteiger partial charge in [0.05, 0.1) is 17.2 Å². The molecule has 3 amide bonds. The number of nitrogens with zero attached hydrogens (tertiary/aromatic N) is 1. The van der Waals surface area contributed by atoms with Crippen molar-refractivity contribution in [1.82, 2.24) is 10.2 Å². The molecule has 1 saturated heterocycles. The highest BCUT2D eigenvalue weighted by molar-refractivity contribution is 14.1. The molecule has 0 aromatic heterocycles. The number of urea groups is 1. The number of carboxylic acids is 1. The highest BCUT2D eigenvalue weighted by atomic mass is 127. The van der Waals surface area contributed by atoms with Gasteiger partial charge in [-0.1, -0.05) is 18.2 Å². The first-order valence-corrected chi connectivity index (χ1v) is 9.68. The number of nitrogens with one attached hydrogen (secondary N) is 1. The standard InChI is InChI=1S/C20H16FIN2O6/c1-29-16-8-11(6-14(22)18(16)30-10-17(25)26)7-15-19(27)24(20(28)23-15)9-12-4-2-3-5-13(12)21/h2-8H,9-10H2,1H3,(H,23,28)(H,25,26). The van der Waals surface area contributed by atoms with Crippen molar-refractivity contribution in [3.8, 4) is 11.5 Å². The van der Waals surface area contributed by atoms with Crippen molar-refractivity contribution in [2.24, 2.45) is 0 Å². The van der Waals surface area contributed by atoms with Crippen molar-refractivity contribution >= 4 is 46.6 Å². The number of aliphatic carboxylic acids is 1. The van der Waals surface area contributed by atoms with Gasteiger partial charge in [-0.2, -0.15) is 0 Å². The number of carbonyl (C=O) groups is 3. The predicted octanol–water partition coefficient (Wildman–Crippen LogP) is 3.00. The first kappa shape index (κ1) is 21.6. The molecule has 1 aliphatic rings. The average Bonchev–Trinajstić information content (AvgIpc) is 2.95. The van der Waals surface area contributed by atoms with Crippen molar-refractivity contribution in [3.63, 3.8) is 0 Å². The van der Waals surface area contributed by atoms with Crippen LogP contribution in [0.2, 0.25) is 0 Å². The van der Waals surface area contributed by atoms with E-state index in [9.17, 15) is 18.8 Å². The molecule has 1 heterocycles. The fourth-order valence-electron chi connectivity index (χ4n) is 2.78. The maximum atomic E-state index is 13.9. The number of carboxylic acid groups (broad SMARTS) is 1. The summed E-state index contributed by atoms with van der Waals surface area (Å²) in [6.07, 6.45) is 1.45. The van der Waals surface area contributed by atoms with E-state index in [-0.39, 0.29) is 29.3 Å². The maximum absolute atomic E-state index is 13.9. The molecule has 2 N–H and O–H groups in total. The third-order valence-electron chi connectivity index (χ3n) is 4.15. The number of rotatable bonds is 7. The van der Waals surface area contributed by atoms with Gasteiger partial charge in [0.15, 0.2) is 18.1 Å². The molecule has 0 saturated carbocycles. The minimum absolute atomic E-state index is 0.0217. The van der Waals surface area contributed by atoms with Gasteiger partial charge in [0, 0.05) is 5.56 Å². The summed E-state index contributed by atoms with van der Waals surface area (Å²) in [4.78, 5) is 36.5. The summed E-state index contributed by atoms with van der Waals surface area (Å²) in [5.74, 6) is -1.70. The molecule has 1 aliphatic heterocycles. The summed E-state index contributed by atoms with van der Waals surface area (Å²) < 4.78 is 24.9. The van der Waals surface area contributed by atoms with Gasteiger partial charge in [0.25, 0.3) is 5.91 Å². The van der Waals surface area contributed by atoms with Crippen molar-refractivity contribution in [2.45, 2.75) is 6.54 Å². The number of methoxy groups -OCH3 is 1. The molecular formula is C20H16FIN2O6. The molecule has 0 bridgehead atoms. The minimum atomic E-state index is -1.13. The third kappa shape index (κ3) is 4.70. The second kappa shape index (κ2) is 9.11. The second-order valence-electron chi connectivity index (χ2n) is 6.19. The van der Waals surface area contributed by atoms with Crippen molar-refractivity contribution in [1.29, 1.82) is 0 Å². The number of imide groups is 1. The van der Waals surface area contributed by atoms with E-state index in [0.29, 0.717) is 9.13 Å². The lowest BCUT2D eigenvalue weighted by atomic mass is 10.1. The molecule has 8 nitrogen and oxygen atoms in total. The van der Waals surface area contributed by atoms with Crippen LogP contribution in [0, 0.1) is 9.39 Å². The first-order valence-electron chi connectivity index (χ1n) is 8.60. The Balaban J connectivity index is 1.85. The number of hydrogen-bond donors (Lipinski definition) is 2. The van der Waals surface area contributed by atoms with Gasteiger partial charge in [-0.05, 0) is 52.4 Å². The Kier molecular flexibility index (Phi) is 6.55. The largest absolute Gasteiger partial charge is 0.493 e. The van der Waals surface area contributed by atoms with E-state index in [2.05, 4.69) is 5.32 Å². The van der Waals surface area contributed by atoms with E-state index in [1.165, 1.54) is 31.4 Å². The van der Waals surface area contributed by atoms with Crippen molar-refractivity contribution < 1.29 is 33.4 Å². The summed E-state index contributed by atoms with van der Waals surface area (Å²) in [7, 11) is 1.40. The Morgan fingerprint density at radius 1 is 1.30 bits per heavy atom. The average molecular weight is 526 g/mol.